The normalized spacial score (nSPS) is 10.7. The Morgan fingerprint density at radius 3 is 2.37 bits per heavy atom. The van der Waals surface area contributed by atoms with Crippen LogP contribution in [0.2, 0.25) is 0 Å². The third-order valence-corrected chi connectivity index (χ3v) is 4.72. The third-order valence-electron chi connectivity index (χ3n) is 3.83. The molecule has 0 heterocycles. The maximum absolute atomic E-state index is 12.3. The number of ketones is 1. The molecule has 0 aliphatic rings. The van der Waals surface area contributed by atoms with Crippen molar-refractivity contribution in [2.45, 2.75) is 58.8 Å². The van der Waals surface area contributed by atoms with Gasteiger partial charge in [0.05, 0.1) is 12.1 Å². The molecule has 0 saturated carbocycles. The van der Waals surface area contributed by atoms with Crippen molar-refractivity contribution in [3.05, 3.63) is 41.8 Å². The van der Waals surface area contributed by atoms with E-state index in [4.69, 9.17) is 0 Å². The highest BCUT2D eigenvalue weighted by molar-refractivity contribution is 8.04. The Bertz CT molecular complexity index is 617. The fraction of sp³-hybridized carbons (Fsp3) is 0.476. The van der Waals surface area contributed by atoms with Gasteiger partial charge in [-0.25, -0.2) is 4.31 Å². The van der Waals surface area contributed by atoms with Crippen LogP contribution in [-0.4, -0.2) is 24.1 Å². The number of amides is 2. The standard InChI is InChI=1S/C21H30N2O3S/c1-3-4-5-6-7-11-15-22-20(25)14-16-27-23(21(26)17-18(2)24)19-12-9-8-10-13-19/h8-10,12-14,16H,3-7,11,15,17H2,1-2H3,(H,22,25). The molecule has 5 nitrogen and oxygen atoms in total. The fourth-order valence-corrected chi connectivity index (χ4v) is 3.17. The molecule has 1 N–H and O–H groups in total. The van der Waals surface area contributed by atoms with Gasteiger partial charge in [0.15, 0.2) is 0 Å². The smallest absolute Gasteiger partial charge is 0.244 e. The predicted octanol–water partition coefficient (Wildman–Crippen LogP) is 4.64. The number of carbonyl (C=O) groups excluding carboxylic acids is 3. The van der Waals surface area contributed by atoms with Crippen LogP contribution in [0.15, 0.2) is 41.8 Å². The summed E-state index contributed by atoms with van der Waals surface area (Å²) in [6, 6.07) is 9.07. The monoisotopic (exact) mass is 390 g/mol. The zero-order valence-electron chi connectivity index (χ0n) is 16.3. The molecule has 1 rings (SSSR count). The van der Waals surface area contributed by atoms with E-state index in [-0.39, 0.29) is 24.0 Å². The largest absolute Gasteiger partial charge is 0.353 e. The SMILES string of the molecule is CCCCCCCCNC(=O)C=CSN(C(=O)CC(C)=O)c1ccccc1. The van der Waals surface area contributed by atoms with E-state index < -0.39 is 0 Å². The average Bonchev–Trinajstić information content (AvgIpc) is 2.64. The van der Waals surface area contributed by atoms with E-state index in [1.807, 2.05) is 18.2 Å². The van der Waals surface area contributed by atoms with E-state index in [9.17, 15) is 14.4 Å². The van der Waals surface area contributed by atoms with Crippen molar-refractivity contribution >= 4 is 35.2 Å². The molecule has 2 amide bonds. The molecule has 0 aromatic heterocycles. The number of Topliss-reactive ketones (excluding diaryl/α,β-unsaturated/α-hetero) is 1. The summed E-state index contributed by atoms with van der Waals surface area (Å²) in [7, 11) is 0. The maximum atomic E-state index is 12.3. The number of rotatable bonds is 13. The zero-order valence-corrected chi connectivity index (χ0v) is 17.1. The van der Waals surface area contributed by atoms with E-state index in [2.05, 4.69) is 12.2 Å². The molecule has 1 aromatic rings. The number of nitrogens with zero attached hydrogens (tertiary/aromatic N) is 1. The summed E-state index contributed by atoms with van der Waals surface area (Å²) >= 11 is 1.10. The van der Waals surface area contributed by atoms with Crippen molar-refractivity contribution in [1.29, 1.82) is 0 Å². The van der Waals surface area contributed by atoms with Crippen molar-refractivity contribution in [3.63, 3.8) is 0 Å². The second-order valence-corrected chi connectivity index (χ2v) is 7.22. The van der Waals surface area contributed by atoms with Crippen molar-refractivity contribution in [1.82, 2.24) is 5.32 Å². The van der Waals surface area contributed by atoms with E-state index in [1.165, 1.54) is 43.0 Å². The lowest BCUT2D eigenvalue weighted by Gasteiger charge is -2.19. The first-order valence-electron chi connectivity index (χ1n) is 9.53. The Labute approximate surface area is 166 Å². The molecular weight excluding hydrogens is 360 g/mol. The van der Waals surface area contributed by atoms with Gasteiger partial charge in [0.25, 0.3) is 0 Å². The molecule has 0 aliphatic heterocycles. The van der Waals surface area contributed by atoms with E-state index in [1.54, 1.807) is 17.5 Å². The summed E-state index contributed by atoms with van der Waals surface area (Å²) in [6.07, 6.45) is 8.31. The van der Waals surface area contributed by atoms with Gasteiger partial charge >= 0.3 is 0 Å². The van der Waals surface area contributed by atoms with Gasteiger partial charge in [0, 0.05) is 12.6 Å². The number of benzene rings is 1. The highest BCUT2D eigenvalue weighted by atomic mass is 32.2. The Hall–Kier alpha value is -2.08. The molecule has 6 heteroatoms. The summed E-state index contributed by atoms with van der Waals surface area (Å²) in [5, 5.41) is 4.42. The molecule has 0 aliphatic carbocycles. The first-order valence-corrected chi connectivity index (χ1v) is 10.4. The lowest BCUT2D eigenvalue weighted by Crippen LogP contribution is -2.25. The van der Waals surface area contributed by atoms with E-state index >= 15 is 0 Å². The summed E-state index contributed by atoms with van der Waals surface area (Å²) < 4.78 is 1.43. The molecule has 0 radical (unpaired) electrons. The van der Waals surface area contributed by atoms with Gasteiger partial charge in [0.2, 0.25) is 11.8 Å². The fourth-order valence-electron chi connectivity index (χ4n) is 2.44. The van der Waals surface area contributed by atoms with Crippen molar-refractivity contribution in [2.75, 3.05) is 10.8 Å². The van der Waals surface area contributed by atoms with Gasteiger partial charge in [-0.05, 0) is 42.8 Å². The van der Waals surface area contributed by atoms with Crippen LogP contribution in [0.25, 0.3) is 0 Å². The number of nitrogens with one attached hydrogen (secondary N) is 1. The first kappa shape index (κ1) is 23.0. The molecule has 27 heavy (non-hydrogen) atoms. The summed E-state index contributed by atoms with van der Waals surface area (Å²) in [6.45, 7) is 4.24. The Morgan fingerprint density at radius 1 is 1.04 bits per heavy atom. The minimum Gasteiger partial charge on any atom is -0.353 e. The maximum Gasteiger partial charge on any atom is 0.244 e. The number of hydrogen-bond donors (Lipinski definition) is 1. The molecule has 0 saturated heterocycles. The van der Waals surface area contributed by atoms with Crippen LogP contribution in [-0.2, 0) is 14.4 Å². The molecule has 0 bridgehead atoms. The number of unbranched alkanes of at least 4 members (excludes halogenated alkanes) is 5. The van der Waals surface area contributed by atoms with Crippen LogP contribution in [0.3, 0.4) is 0 Å². The first-order chi connectivity index (χ1) is 13.0. The van der Waals surface area contributed by atoms with Crippen molar-refractivity contribution in [3.8, 4) is 0 Å². The Morgan fingerprint density at radius 2 is 1.70 bits per heavy atom. The van der Waals surface area contributed by atoms with Gasteiger partial charge < -0.3 is 5.32 Å². The molecule has 0 fully saturated rings. The van der Waals surface area contributed by atoms with Crippen LogP contribution in [0, 0.1) is 0 Å². The number of anilines is 1. The average molecular weight is 391 g/mol. The zero-order chi connectivity index (χ0) is 19.9. The second kappa shape index (κ2) is 14.0. The highest BCUT2D eigenvalue weighted by Gasteiger charge is 2.17. The molecule has 148 valence electrons. The van der Waals surface area contributed by atoms with Crippen LogP contribution >= 0.6 is 11.9 Å². The lowest BCUT2D eigenvalue weighted by atomic mass is 10.1. The van der Waals surface area contributed by atoms with E-state index in [0.29, 0.717) is 12.2 Å². The van der Waals surface area contributed by atoms with Crippen molar-refractivity contribution < 1.29 is 14.4 Å². The molecule has 0 atom stereocenters. The molecule has 0 unspecified atom stereocenters. The Kier molecular flexibility index (Phi) is 11.9. The topological polar surface area (TPSA) is 66.5 Å². The quantitative estimate of drug-likeness (QED) is 0.231. The summed E-state index contributed by atoms with van der Waals surface area (Å²) in [4.78, 5) is 35.4. The van der Waals surface area contributed by atoms with Crippen LogP contribution in [0.4, 0.5) is 5.69 Å². The van der Waals surface area contributed by atoms with Gasteiger partial charge in [0.1, 0.15) is 5.78 Å². The minimum absolute atomic E-state index is 0.167. The second-order valence-electron chi connectivity index (χ2n) is 6.37. The lowest BCUT2D eigenvalue weighted by molar-refractivity contribution is -0.125. The number of carbonyl (C=O) groups is 3. The third kappa shape index (κ3) is 10.6. The van der Waals surface area contributed by atoms with Crippen LogP contribution in [0.1, 0.15) is 58.8 Å². The summed E-state index contributed by atoms with van der Waals surface area (Å²) in [5.41, 5.74) is 0.672. The summed E-state index contributed by atoms with van der Waals surface area (Å²) in [5.74, 6) is -0.680. The van der Waals surface area contributed by atoms with Crippen LogP contribution in [0.5, 0.6) is 0 Å². The number of para-hydroxylation sites is 1. The van der Waals surface area contributed by atoms with Crippen LogP contribution < -0.4 is 9.62 Å². The van der Waals surface area contributed by atoms with Gasteiger partial charge in [-0.1, -0.05) is 57.2 Å². The highest BCUT2D eigenvalue weighted by Crippen LogP contribution is 2.24. The molecule has 1 aromatic carbocycles. The van der Waals surface area contributed by atoms with Gasteiger partial charge in [-0.15, -0.1) is 0 Å². The van der Waals surface area contributed by atoms with Gasteiger partial charge in [-0.3, -0.25) is 14.4 Å². The minimum atomic E-state index is -0.309. The Balaban J connectivity index is 2.44. The van der Waals surface area contributed by atoms with Gasteiger partial charge in [-0.2, -0.15) is 0 Å². The number of hydrogen-bond acceptors (Lipinski definition) is 4. The molecule has 0 spiro atoms. The van der Waals surface area contributed by atoms with Crippen molar-refractivity contribution in [2.24, 2.45) is 0 Å². The van der Waals surface area contributed by atoms with E-state index in [0.717, 1.165) is 24.8 Å². The predicted molar refractivity (Wildman–Crippen MR) is 112 cm³/mol. The molecular formula is C21H30N2O3S.